The summed E-state index contributed by atoms with van der Waals surface area (Å²) in [4.78, 5) is 16.4. The van der Waals surface area contributed by atoms with Gasteiger partial charge in [-0.2, -0.15) is 0 Å². The van der Waals surface area contributed by atoms with Crippen LogP contribution in [-0.4, -0.2) is 31.2 Å². The second-order valence-electron chi connectivity index (χ2n) is 5.09. The van der Waals surface area contributed by atoms with Gasteiger partial charge in [0.2, 0.25) is 0 Å². The lowest BCUT2D eigenvalue weighted by molar-refractivity contribution is -0.118. The Bertz CT molecular complexity index is 861. The predicted molar refractivity (Wildman–Crippen MR) is 97.9 cm³/mol. The Morgan fingerprint density at radius 1 is 1.08 bits per heavy atom. The highest BCUT2D eigenvalue weighted by molar-refractivity contribution is 7.22. The lowest BCUT2D eigenvalue weighted by Crippen LogP contribution is -2.19. The maximum atomic E-state index is 12.0. The third-order valence-electron chi connectivity index (χ3n) is 3.35. The van der Waals surface area contributed by atoms with E-state index in [1.807, 2.05) is 25.1 Å². The Kier molecular flexibility index (Phi) is 5.35. The molecule has 1 amide bonds. The SMILES string of the molecule is CCOc1ccc2nc(NC(=O)COc3ccc(OC)cc3)sc2c1. The van der Waals surface area contributed by atoms with E-state index in [2.05, 4.69) is 10.3 Å². The van der Waals surface area contributed by atoms with E-state index in [4.69, 9.17) is 14.2 Å². The van der Waals surface area contributed by atoms with E-state index in [1.165, 1.54) is 11.3 Å². The van der Waals surface area contributed by atoms with Crippen molar-refractivity contribution in [3.05, 3.63) is 42.5 Å². The van der Waals surface area contributed by atoms with Crippen LogP contribution in [0, 0.1) is 0 Å². The van der Waals surface area contributed by atoms with Gasteiger partial charge in [0, 0.05) is 0 Å². The van der Waals surface area contributed by atoms with Gasteiger partial charge in [0.1, 0.15) is 17.2 Å². The van der Waals surface area contributed by atoms with Gasteiger partial charge < -0.3 is 14.2 Å². The number of benzene rings is 2. The van der Waals surface area contributed by atoms with Crippen LogP contribution in [-0.2, 0) is 4.79 Å². The van der Waals surface area contributed by atoms with Crippen molar-refractivity contribution < 1.29 is 19.0 Å². The summed E-state index contributed by atoms with van der Waals surface area (Å²) in [5.74, 6) is 1.86. The number of methoxy groups -OCH3 is 1. The van der Waals surface area contributed by atoms with Gasteiger partial charge in [0.15, 0.2) is 11.7 Å². The van der Waals surface area contributed by atoms with Gasteiger partial charge in [0.25, 0.3) is 5.91 Å². The number of amides is 1. The van der Waals surface area contributed by atoms with E-state index in [-0.39, 0.29) is 12.5 Å². The fraction of sp³-hybridized carbons (Fsp3) is 0.222. The molecule has 3 aromatic rings. The molecule has 0 saturated carbocycles. The minimum Gasteiger partial charge on any atom is -0.497 e. The summed E-state index contributed by atoms with van der Waals surface area (Å²) in [5, 5.41) is 3.29. The number of nitrogens with one attached hydrogen (secondary N) is 1. The number of nitrogens with zero attached hydrogens (tertiary/aromatic N) is 1. The van der Waals surface area contributed by atoms with Gasteiger partial charge in [-0.15, -0.1) is 0 Å². The Morgan fingerprint density at radius 3 is 2.52 bits per heavy atom. The molecule has 0 bridgehead atoms. The van der Waals surface area contributed by atoms with Gasteiger partial charge in [-0.25, -0.2) is 4.98 Å². The van der Waals surface area contributed by atoms with Crippen molar-refractivity contribution >= 4 is 32.6 Å². The summed E-state index contributed by atoms with van der Waals surface area (Å²) in [6, 6.07) is 12.7. The number of carbonyl (C=O) groups excluding carboxylic acids is 1. The monoisotopic (exact) mass is 358 g/mol. The van der Waals surface area contributed by atoms with E-state index in [9.17, 15) is 4.79 Å². The van der Waals surface area contributed by atoms with Crippen LogP contribution in [0.4, 0.5) is 5.13 Å². The molecular formula is C18H18N2O4S. The van der Waals surface area contributed by atoms with E-state index >= 15 is 0 Å². The molecule has 0 aliphatic rings. The van der Waals surface area contributed by atoms with Crippen LogP contribution < -0.4 is 19.5 Å². The first-order valence-electron chi connectivity index (χ1n) is 7.78. The Labute approximate surface area is 149 Å². The molecule has 0 fully saturated rings. The zero-order valence-corrected chi connectivity index (χ0v) is 14.8. The predicted octanol–water partition coefficient (Wildman–Crippen LogP) is 3.72. The average molecular weight is 358 g/mol. The summed E-state index contributed by atoms with van der Waals surface area (Å²) in [6.07, 6.45) is 0. The summed E-state index contributed by atoms with van der Waals surface area (Å²) in [5.41, 5.74) is 0.819. The van der Waals surface area contributed by atoms with Crippen LogP contribution in [0.3, 0.4) is 0 Å². The summed E-state index contributed by atoms with van der Waals surface area (Å²) in [7, 11) is 1.60. The Morgan fingerprint density at radius 2 is 1.80 bits per heavy atom. The lowest BCUT2D eigenvalue weighted by Gasteiger charge is -2.06. The maximum absolute atomic E-state index is 12.0. The van der Waals surface area contributed by atoms with Gasteiger partial charge in [-0.05, 0) is 49.4 Å². The molecule has 2 aromatic carbocycles. The quantitative estimate of drug-likeness (QED) is 0.697. The van der Waals surface area contributed by atoms with E-state index in [1.54, 1.807) is 31.4 Å². The zero-order chi connectivity index (χ0) is 17.6. The minimum atomic E-state index is -0.264. The van der Waals surface area contributed by atoms with Crippen molar-refractivity contribution in [2.75, 3.05) is 25.6 Å². The molecule has 0 atom stereocenters. The Hall–Kier alpha value is -2.80. The summed E-state index contributed by atoms with van der Waals surface area (Å²) >= 11 is 1.40. The number of rotatable bonds is 7. The van der Waals surface area contributed by atoms with Crippen LogP contribution in [0.15, 0.2) is 42.5 Å². The smallest absolute Gasteiger partial charge is 0.264 e. The molecule has 7 heteroatoms. The fourth-order valence-corrected chi connectivity index (χ4v) is 3.10. The largest absolute Gasteiger partial charge is 0.497 e. The first-order valence-corrected chi connectivity index (χ1v) is 8.59. The van der Waals surface area contributed by atoms with Gasteiger partial charge in [-0.3, -0.25) is 10.1 Å². The van der Waals surface area contributed by atoms with Crippen molar-refractivity contribution in [3.63, 3.8) is 0 Å². The molecule has 130 valence electrons. The highest BCUT2D eigenvalue weighted by Gasteiger charge is 2.09. The summed E-state index contributed by atoms with van der Waals surface area (Å²) < 4.78 is 17.0. The number of fused-ring (bicyclic) bond motifs is 1. The molecule has 3 rings (SSSR count). The van der Waals surface area contributed by atoms with Crippen LogP contribution in [0.25, 0.3) is 10.2 Å². The number of hydrogen-bond acceptors (Lipinski definition) is 6. The number of ether oxygens (including phenoxy) is 3. The van der Waals surface area contributed by atoms with Crippen LogP contribution in [0.1, 0.15) is 6.92 Å². The van der Waals surface area contributed by atoms with Gasteiger partial charge >= 0.3 is 0 Å². The molecule has 0 aliphatic carbocycles. The van der Waals surface area contributed by atoms with Crippen LogP contribution in [0.5, 0.6) is 17.2 Å². The van der Waals surface area contributed by atoms with Crippen molar-refractivity contribution in [2.24, 2.45) is 0 Å². The molecule has 0 radical (unpaired) electrons. The number of carbonyl (C=O) groups is 1. The van der Waals surface area contributed by atoms with E-state index in [0.29, 0.717) is 17.5 Å². The van der Waals surface area contributed by atoms with Crippen molar-refractivity contribution in [1.29, 1.82) is 0 Å². The molecule has 6 nitrogen and oxygen atoms in total. The number of aromatic nitrogens is 1. The number of anilines is 1. The fourth-order valence-electron chi connectivity index (χ4n) is 2.19. The first kappa shape index (κ1) is 17.0. The normalized spacial score (nSPS) is 10.5. The minimum absolute atomic E-state index is 0.0908. The zero-order valence-electron chi connectivity index (χ0n) is 13.9. The molecule has 1 N–H and O–H groups in total. The molecule has 0 spiro atoms. The number of thiazole rings is 1. The topological polar surface area (TPSA) is 69.7 Å². The third-order valence-corrected chi connectivity index (χ3v) is 4.28. The van der Waals surface area contributed by atoms with E-state index < -0.39 is 0 Å². The second kappa shape index (κ2) is 7.85. The molecular weight excluding hydrogens is 340 g/mol. The first-order chi connectivity index (χ1) is 12.2. The maximum Gasteiger partial charge on any atom is 0.264 e. The molecule has 0 unspecified atom stereocenters. The molecule has 25 heavy (non-hydrogen) atoms. The molecule has 1 heterocycles. The Balaban J connectivity index is 1.59. The third kappa shape index (κ3) is 4.39. The molecule has 0 saturated heterocycles. The van der Waals surface area contributed by atoms with Gasteiger partial charge in [0.05, 0.1) is 23.9 Å². The molecule has 0 aliphatic heterocycles. The highest BCUT2D eigenvalue weighted by Crippen LogP contribution is 2.29. The van der Waals surface area contributed by atoms with Gasteiger partial charge in [-0.1, -0.05) is 11.3 Å². The van der Waals surface area contributed by atoms with Crippen molar-refractivity contribution in [3.8, 4) is 17.2 Å². The van der Waals surface area contributed by atoms with Crippen molar-refractivity contribution in [1.82, 2.24) is 4.98 Å². The molecule has 1 aromatic heterocycles. The summed E-state index contributed by atoms with van der Waals surface area (Å²) in [6.45, 7) is 2.45. The standard InChI is InChI=1S/C18H18N2O4S/c1-3-23-14-8-9-15-16(10-14)25-18(19-15)20-17(21)11-24-13-6-4-12(22-2)5-7-13/h4-10H,3,11H2,1-2H3,(H,19,20,21). The number of hydrogen-bond donors (Lipinski definition) is 1. The lowest BCUT2D eigenvalue weighted by atomic mass is 10.3. The van der Waals surface area contributed by atoms with Crippen LogP contribution >= 0.6 is 11.3 Å². The van der Waals surface area contributed by atoms with E-state index in [0.717, 1.165) is 21.7 Å². The second-order valence-corrected chi connectivity index (χ2v) is 6.12. The van der Waals surface area contributed by atoms with Crippen LogP contribution in [0.2, 0.25) is 0 Å². The van der Waals surface area contributed by atoms with Crippen molar-refractivity contribution in [2.45, 2.75) is 6.92 Å². The highest BCUT2D eigenvalue weighted by atomic mass is 32.1. The average Bonchev–Trinajstić information content (AvgIpc) is 3.02.